The summed E-state index contributed by atoms with van der Waals surface area (Å²) in [5.41, 5.74) is 1.96. The Morgan fingerprint density at radius 1 is 1.16 bits per heavy atom. The topological polar surface area (TPSA) is 77.8 Å². The van der Waals surface area contributed by atoms with E-state index in [0.717, 1.165) is 22.2 Å². The van der Waals surface area contributed by atoms with Gasteiger partial charge in [-0.25, -0.2) is 9.36 Å². The van der Waals surface area contributed by atoms with Gasteiger partial charge in [-0.1, -0.05) is 18.2 Å². The summed E-state index contributed by atoms with van der Waals surface area (Å²) in [6, 6.07) is 7.42. The highest BCUT2D eigenvalue weighted by Gasteiger charge is 2.44. The van der Waals surface area contributed by atoms with E-state index in [1.165, 1.54) is 0 Å². The minimum Gasteiger partial charge on any atom is -0.466 e. The first-order valence-corrected chi connectivity index (χ1v) is 11.0. The first-order chi connectivity index (χ1) is 14.7. The van der Waals surface area contributed by atoms with E-state index in [1.807, 2.05) is 49.9 Å². The van der Waals surface area contributed by atoms with Crippen molar-refractivity contribution in [3.8, 4) is 0 Å². The highest BCUT2D eigenvalue weighted by molar-refractivity contribution is 5.95. The van der Waals surface area contributed by atoms with Crippen molar-refractivity contribution in [2.75, 3.05) is 13.2 Å². The number of piperidine rings is 1. The van der Waals surface area contributed by atoms with Crippen LogP contribution in [-0.4, -0.2) is 46.2 Å². The molecule has 2 aliphatic heterocycles. The second kappa shape index (κ2) is 8.02. The van der Waals surface area contributed by atoms with E-state index in [9.17, 15) is 14.4 Å². The van der Waals surface area contributed by atoms with Crippen molar-refractivity contribution in [1.29, 1.82) is 0 Å². The molecule has 0 radical (unpaired) electrons. The van der Waals surface area contributed by atoms with E-state index in [0.29, 0.717) is 32.4 Å². The number of carbonyl (C=O) groups excluding carboxylic acids is 3. The summed E-state index contributed by atoms with van der Waals surface area (Å²) < 4.78 is 12.6. The molecule has 0 aliphatic carbocycles. The van der Waals surface area contributed by atoms with Gasteiger partial charge in [0.1, 0.15) is 5.60 Å². The summed E-state index contributed by atoms with van der Waals surface area (Å²) in [5.74, 6) is -0.313. The lowest BCUT2D eigenvalue weighted by atomic mass is 9.80. The summed E-state index contributed by atoms with van der Waals surface area (Å²) in [5, 5.41) is 0.996. The van der Waals surface area contributed by atoms with E-state index < -0.39 is 11.7 Å². The van der Waals surface area contributed by atoms with E-state index in [4.69, 9.17) is 9.47 Å². The molecule has 166 valence electrons. The molecule has 1 aromatic heterocycles. The standard InChI is InChI=1S/C24H30N2O5/c1-5-30-20(28)14-15-10-11-19(27)25-13-12-17-16-8-6-7-9-18(16)26(22(17)21(15)25)23(29)31-24(2,3)4/h6-9,15,21H,5,10-14H2,1-4H3/t15-,21-/m1/s1. The molecule has 31 heavy (non-hydrogen) atoms. The Labute approximate surface area is 182 Å². The summed E-state index contributed by atoms with van der Waals surface area (Å²) in [4.78, 5) is 40.3. The Balaban J connectivity index is 1.87. The second-order valence-electron chi connectivity index (χ2n) is 9.29. The summed E-state index contributed by atoms with van der Waals surface area (Å²) >= 11 is 0. The monoisotopic (exact) mass is 426 g/mol. The van der Waals surface area contributed by atoms with Crippen LogP contribution in [-0.2, 0) is 25.5 Å². The number of esters is 1. The number of benzene rings is 1. The van der Waals surface area contributed by atoms with Gasteiger partial charge in [-0.2, -0.15) is 0 Å². The molecule has 0 bridgehead atoms. The van der Waals surface area contributed by atoms with Crippen molar-refractivity contribution in [2.45, 2.75) is 65.0 Å². The molecule has 1 aromatic carbocycles. The van der Waals surface area contributed by atoms with Crippen LogP contribution in [0.2, 0.25) is 0 Å². The van der Waals surface area contributed by atoms with Crippen molar-refractivity contribution in [2.24, 2.45) is 5.92 Å². The normalized spacial score (nSPS) is 20.9. The van der Waals surface area contributed by atoms with E-state index in [2.05, 4.69) is 0 Å². The maximum absolute atomic E-state index is 13.3. The van der Waals surface area contributed by atoms with Crippen LogP contribution in [0, 0.1) is 5.92 Å². The highest BCUT2D eigenvalue weighted by Crippen LogP contribution is 2.46. The van der Waals surface area contributed by atoms with Gasteiger partial charge >= 0.3 is 12.1 Å². The van der Waals surface area contributed by atoms with E-state index in [1.54, 1.807) is 11.5 Å². The number of nitrogens with zero attached hydrogens (tertiary/aromatic N) is 2. The van der Waals surface area contributed by atoms with Crippen LogP contribution >= 0.6 is 0 Å². The molecule has 0 N–H and O–H groups in total. The van der Waals surface area contributed by atoms with Crippen LogP contribution in [0.3, 0.4) is 0 Å². The van der Waals surface area contributed by atoms with Crippen LogP contribution in [0.25, 0.3) is 10.9 Å². The van der Waals surface area contributed by atoms with Crippen molar-refractivity contribution < 1.29 is 23.9 Å². The fraction of sp³-hybridized carbons (Fsp3) is 0.542. The summed E-state index contributed by atoms with van der Waals surface area (Å²) in [6.07, 6.45) is 1.42. The molecule has 2 aromatic rings. The fourth-order valence-corrected chi connectivity index (χ4v) is 4.94. The van der Waals surface area contributed by atoms with Crippen molar-refractivity contribution in [3.63, 3.8) is 0 Å². The number of amides is 1. The Hall–Kier alpha value is -2.83. The Morgan fingerprint density at radius 3 is 2.61 bits per heavy atom. The third kappa shape index (κ3) is 3.93. The number of aromatic nitrogens is 1. The van der Waals surface area contributed by atoms with Gasteiger partial charge in [-0.05, 0) is 58.1 Å². The molecule has 1 saturated heterocycles. The van der Waals surface area contributed by atoms with Crippen LogP contribution < -0.4 is 0 Å². The Bertz CT molecular complexity index is 1030. The molecule has 2 atom stereocenters. The van der Waals surface area contributed by atoms with Gasteiger partial charge < -0.3 is 14.4 Å². The smallest absolute Gasteiger partial charge is 0.419 e. The molecule has 1 fully saturated rings. The first-order valence-electron chi connectivity index (χ1n) is 11.0. The lowest BCUT2D eigenvalue weighted by Crippen LogP contribution is -2.48. The third-order valence-electron chi connectivity index (χ3n) is 6.04. The van der Waals surface area contributed by atoms with Gasteiger partial charge in [-0.3, -0.25) is 9.59 Å². The van der Waals surface area contributed by atoms with Crippen molar-refractivity contribution >= 4 is 28.9 Å². The van der Waals surface area contributed by atoms with Gasteiger partial charge in [0.25, 0.3) is 0 Å². The highest BCUT2D eigenvalue weighted by atomic mass is 16.6. The average molecular weight is 427 g/mol. The lowest BCUT2D eigenvalue weighted by molar-refractivity contribution is -0.149. The molecular weight excluding hydrogens is 396 g/mol. The van der Waals surface area contributed by atoms with Crippen LogP contribution in [0.1, 0.15) is 64.3 Å². The second-order valence-corrected chi connectivity index (χ2v) is 9.29. The van der Waals surface area contributed by atoms with Gasteiger partial charge in [0, 0.05) is 18.4 Å². The maximum atomic E-state index is 13.3. The molecule has 0 spiro atoms. The number of para-hydroxylation sites is 1. The number of ether oxygens (including phenoxy) is 2. The molecule has 4 rings (SSSR count). The molecule has 0 saturated carbocycles. The largest absolute Gasteiger partial charge is 0.466 e. The molecular formula is C24H30N2O5. The maximum Gasteiger partial charge on any atom is 0.419 e. The quantitative estimate of drug-likeness (QED) is 0.687. The molecule has 1 amide bonds. The van der Waals surface area contributed by atoms with Crippen molar-refractivity contribution in [3.05, 3.63) is 35.5 Å². The number of fused-ring (bicyclic) bond motifs is 5. The van der Waals surface area contributed by atoms with Gasteiger partial charge in [-0.15, -0.1) is 0 Å². The molecule has 7 nitrogen and oxygen atoms in total. The zero-order chi connectivity index (χ0) is 22.3. The summed E-state index contributed by atoms with van der Waals surface area (Å²) in [6.45, 7) is 8.20. The predicted octanol–water partition coefficient (Wildman–Crippen LogP) is 4.21. The van der Waals surface area contributed by atoms with E-state index >= 15 is 0 Å². The van der Waals surface area contributed by atoms with Gasteiger partial charge in [0.05, 0.1) is 30.3 Å². The molecule has 2 aliphatic rings. The first kappa shape index (κ1) is 21.4. The number of carbonyl (C=O) groups is 3. The fourth-order valence-electron chi connectivity index (χ4n) is 4.94. The predicted molar refractivity (Wildman–Crippen MR) is 116 cm³/mol. The van der Waals surface area contributed by atoms with Crippen LogP contribution in [0.15, 0.2) is 24.3 Å². The minimum atomic E-state index is -0.656. The van der Waals surface area contributed by atoms with Gasteiger partial charge in [0.15, 0.2) is 0 Å². The zero-order valence-electron chi connectivity index (χ0n) is 18.6. The average Bonchev–Trinajstić information content (AvgIpc) is 3.03. The van der Waals surface area contributed by atoms with E-state index in [-0.39, 0.29) is 30.3 Å². The zero-order valence-corrected chi connectivity index (χ0v) is 18.6. The van der Waals surface area contributed by atoms with Gasteiger partial charge in [0.2, 0.25) is 5.91 Å². The SMILES string of the molecule is CCOC(=O)C[C@H]1CCC(=O)N2CCc3c(n(C(=O)OC(C)(C)C)c4ccccc34)[C@@H]12. The number of hydrogen-bond donors (Lipinski definition) is 0. The number of rotatable bonds is 3. The summed E-state index contributed by atoms with van der Waals surface area (Å²) in [7, 11) is 0. The molecule has 0 unspecified atom stereocenters. The van der Waals surface area contributed by atoms with Crippen molar-refractivity contribution in [1.82, 2.24) is 9.47 Å². The minimum absolute atomic E-state index is 0.0664. The lowest BCUT2D eigenvalue weighted by Gasteiger charge is -2.44. The molecule has 7 heteroatoms. The van der Waals surface area contributed by atoms with Crippen LogP contribution in [0.4, 0.5) is 4.79 Å². The molecule has 3 heterocycles. The Morgan fingerprint density at radius 2 is 1.90 bits per heavy atom. The number of hydrogen-bond acceptors (Lipinski definition) is 5. The third-order valence-corrected chi connectivity index (χ3v) is 6.04. The Kier molecular flexibility index (Phi) is 5.54. The van der Waals surface area contributed by atoms with Crippen LogP contribution in [0.5, 0.6) is 0 Å².